The van der Waals surface area contributed by atoms with Gasteiger partial charge < -0.3 is 4.74 Å². The molecule has 1 aromatic heterocycles. The standard InChI is InChI=1S/C13H7F5NO/c14-12(15)8-1-3-10(4-2-8)20-11-7-9(5-6-19-11)13(16,17)18/h1-4,6-7,12H. The molecule has 0 aliphatic rings. The Kier molecular flexibility index (Phi) is 3.87. The lowest BCUT2D eigenvalue weighted by Gasteiger charge is -2.09. The molecule has 1 heterocycles. The number of rotatable bonds is 3. The molecule has 7 heteroatoms. The molecule has 0 spiro atoms. The molecule has 1 radical (unpaired) electrons. The summed E-state index contributed by atoms with van der Waals surface area (Å²) in [6.45, 7) is 0. The summed E-state index contributed by atoms with van der Waals surface area (Å²) in [5.41, 5.74) is -1.23. The lowest BCUT2D eigenvalue weighted by molar-refractivity contribution is -0.138. The molecule has 0 amide bonds. The van der Waals surface area contributed by atoms with Gasteiger partial charge in [0.2, 0.25) is 5.88 Å². The van der Waals surface area contributed by atoms with Crippen LogP contribution in [0.3, 0.4) is 0 Å². The lowest BCUT2D eigenvalue weighted by atomic mass is 10.2. The average molecular weight is 288 g/mol. The van der Waals surface area contributed by atoms with E-state index in [-0.39, 0.29) is 17.2 Å². The van der Waals surface area contributed by atoms with E-state index in [1.54, 1.807) is 0 Å². The summed E-state index contributed by atoms with van der Waals surface area (Å²) in [5.74, 6) is -0.179. The molecule has 0 aliphatic heterocycles. The smallest absolute Gasteiger partial charge is 0.417 e. The summed E-state index contributed by atoms with van der Waals surface area (Å²) in [5, 5.41) is 0. The summed E-state index contributed by atoms with van der Waals surface area (Å²) in [6.07, 6.45) is -6.34. The van der Waals surface area contributed by atoms with E-state index in [0.29, 0.717) is 6.07 Å². The van der Waals surface area contributed by atoms with Gasteiger partial charge in [0, 0.05) is 23.9 Å². The molecular formula is C13H7F5NO. The Labute approximate surface area is 110 Å². The van der Waals surface area contributed by atoms with E-state index in [1.165, 1.54) is 12.1 Å². The topological polar surface area (TPSA) is 22.1 Å². The molecule has 105 valence electrons. The molecule has 0 saturated carbocycles. The Bertz CT molecular complexity index is 580. The van der Waals surface area contributed by atoms with E-state index in [1.807, 2.05) is 6.07 Å². The first kappa shape index (κ1) is 14.2. The molecular weight excluding hydrogens is 281 g/mol. The van der Waals surface area contributed by atoms with E-state index >= 15 is 0 Å². The number of benzene rings is 1. The van der Waals surface area contributed by atoms with Crippen molar-refractivity contribution in [3.63, 3.8) is 0 Å². The van der Waals surface area contributed by atoms with Gasteiger partial charge in [0.05, 0.1) is 5.56 Å². The predicted molar refractivity (Wildman–Crippen MR) is 59.5 cm³/mol. The zero-order valence-corrected chi connectivity index (χ0v) is 9.79. The van der Waals surface area contributed by atoms with Crippen LogP contribution in [-0.2, 0) is 6.18 Å². The average Bonchev–Trinajstić information content (AvgIpc) is 2.38. The number of alkyl halides is 5. The Morgan fingerprint density at radius 2 is 1.75 bits per heavy atom. The van der Waals surface area contributed by atoms with Crippen molar-refractivity contribution in [2.24, 2.45) is 0 Å². The molecule has 0 atom stereocenters. The van der Waals surface area contributed by atoms with E-state index in [9.17, 15) is 22.0 Å². The van der Waals surface area contributed by atoms with Crippen LogP contribution in [0.1, 0.15) is 17.6 Å². The number of pyridine rings is 1. The van der Waals surface area contributed by atoms with Crippen molar-refractivity contribution in [1.29, 1.82) is 0 Å². The fourth-order valence-corrected chi connectivity index (χ4v) is 1.39. The van der Waals surface area contributed by atoms with Crippen LogP contribution >= 0.6 is 0 Å². The maximum atomic E-state index is 12.5. The van der Waals surface area contributed by atoms with Gasteiger partial charge in [0.25, 0.3) is 6.43 Å². The van der Waals surface area contributed by atoms with Crippen molar-refractivity contribution in [2.75, 3.05) is 0 Å². The minimum atomic E-state index is -4.55. The molecule has 0 bridgehead atoms. The first-order valence-corrected chi connectivity index (χ1v) is 5.37. The molecule has 0 N–H and O–H groups in total. The number of nitrogens with zero attached hydrogens (tertiary/aromatic N) is 1. The van der Waals surface area contributed by atoms with Gasteiger partial charge in [-0.3, -0.25) is 0 Å². The maximum absolute atomic E-state index is 12.5. The van der Waals surface area contributed by atoms with Crippen molar-refractivity contribution in [1.82, 2.24) is 4.98 Å². The minimum Gasteiger partial charge on any atom is -0.439 e. The molecule has 1 aromatic carbocycles. The second kappa shape index (κ2) is 5.44. The van der Waals surface area contributed by atoms with Crippen molar-refractivity contribution < 1.29 is 26.7 Å². The van der Waals surface area contributed by atoms with Crippen LogP contribution in [0, 0.1) is 6.07 Å². The lowest BCUT2D eigenvalue weighted by Crippen LogP contribution is -2.05. The highest BCUT2D eigenvalue weighted by Gasteiger charge is 2.31. The fraction of sp³-hybridized carbons (Fsp3) is 0.154. The Balaban J connectivity index is 2.18. The molecule has 0 unspecified atom stereocenters. The number of hydrogen-bond donors (Lipinski definition) is 0. The van der Waals surface area contributed by atoms with Crippen molar-refractivity contribution in [3.8, 4) is 11.6 Å². The van der Waals surface area contributed by atoms with Crippen LogP contribution in [0.25, 0.3) is 0 Å². The van der Waals surface area contributed by atoms with Crippen LogP contribution in [0.4, 0.5) is 22.0 Å². The third-order valence-corrected chi connectivity index (χ3v) is 2.34. The molecule has 2 aromatic rings. The molecule has 20 heavy (non-hydrogen) atoms. The Morgan fingerprint density at radius 1 is 1.10 bits per heavy atom. The number of halogens is 5. The highest BCUT2D eigenvalue weighted by atomic mass is 19.4. The molecule has 2 rings (SSSR count). The summed E-state index contributed by atoms with van der Waals surface area (Å²) in [6, 6.07) is 7.33. The van der Waals surface area contributed by atoms with E-state index in [2.05, 4.69) is 4.98 Å². The third kappa shape index (κ3) is 3.43. The summed E-state index contributed by atoms with van der Waals surface area (Å²) >= 11 is 0. The molecule has 0 fully saturated rings. The van der Waals surface area contributed by atoms with Gasteiger partial charge >= 0.3 is 6.18 Å². The van der Waals surface area contributed by atoms with Crippen molar-refractivity contribution >= 4 is 0 Å². The molecule has 0 saturated heterocycles. The minimum absolute atomic E-state index is 0.112. The fourth-order valence-electron chi connectivity index (χ4n) is 1.39. The second-order valence-corrected chi connectivity index (χ2v) is 3.77. The van der Waals surface area contributed by atoms with Gasteiger partial charge in [-0.15, -0.1) is 0 Å². The summed E-state index contributed by atoms with van der Waals surface area (Å²) in [7, 11) is 0. The maximum Gasteiger partial charge on any atom is 0.417 e. The second-order valence-electron chi connectivity index (χ2n) is 3.77. The quantitative estimate of drug-likeness (QED) is 0.768. The van der Waals surface area contributed by atoms with Gasteiger partial charge in [-0.1, -0.05) is 0 Å². The van der Waals surface area contributed by atoms with Crippen LogP contribution < -0.4 is 4.74 Å². The normalized spacial score (nSPS) is 11.7. The van der Waals surface area contributed by atoms with Crippen molar-refractivity contribution in [2.45, 2.75) is 12.6 Å². The van der Waals surface area contributed by atoms with E-state index < -0.39 is 18.2 Å². The van der Waals surface area contributed by atoms with Crippen LogP contribution in [0.15, 0.2) is 36.5 Å². The van der Waals surface area contributed by atoms with Crippen molar-refractivity contribution in [3.05, 3.63) is 53.7 Å². The summed E-state index contributed by atoms with van der Waals surface area (Å²) < 4.78 is 67.1. The third-order valence-electron chi connectivity index (χ3n) is 2.34. The van der Waals surface area contributed by atoms with Gasteiger partial charge in [0.1, 0.15) is 5.75 Å². The van der Waals surface area contributed by atoms with Gasteiger partial charge in [0.15, 0.2) is 0 Å². The first-order chi connectivity index (χ1) is 9.36. The zero-order valence-electron chi connectivity index (χ0n) is 9.79. The highest BCUT2D eigenvalue weighted by Crippen LogP contribution is 2.31. The van der Waals surface area contributed by atoms with Gasteiger partial charge in [-0.25, -0.2) is 13.8 Å². The zero-order chi connectivity index (χ0) is 14.8. The predicted octanol–water partition coefficient (Wildman–Crippen LogP) is 4.63. The largest absolute Gasteiger partial charge is 0.439 e. The molecule has 0 aliphatic carbocycles. The first-order valence-electron chi connectivity index (χ1n) is 5.37. The number of hydrogen-bond acceptors (Lipinski definition) is 2. The molecule has 2 nitrogen and oxygen atoms in total. The SMILES string of the molecule is FC(F)c1ccc(Oc2cc(C(F)(F)F)[c]cn2)cc1. The Hall–Kier alpha value is -2.18. The number of ether oxygens (including phenoxy) is 1. The van der Waals surface area contributed by atoms with Gasteiger partial charge in [-0.2, -0.15) is 13.2 Å². The highest BCUT2D eigenvalue weighted by molar-refractivity contribution is 5.32. The van der Waals surface area contributed by atoms with Gasteiger partial charge in [-0.05, 0) is 24.3 Å². The monoisotopic (exact) mass is 288 g/mol. The Morgan fingerprint density at radius 3 is 2.30 bits per heavy atom. The van der Waals surface area contributed by atoms with Crippen LogP contribution in [-0.4, -0.2) is 4.98 Å². The van der Waals surface area contributed by atoms with E-state index in [4.69, 9.17) is 4.74 Å². The van der Waals surface area contributed by atoms with Crippen LogP contribution in [0.2, 0.25) is 0 Å². The summed E-state index contributed by atoms with van der Waals surface area (Å²) in [4.78, 5) is 3.58. The van der Waals surface area contributed by atoms with E-state index in [0.717, 1.165) is 18.3 Å². The number of aromatic nitrogens is 1. The van der Waals surface area contributed by atoms with Crippen LogP contribution in [0.5, 0.6) is 11.6 Å².